The monoisotopic (exact) mass is 254 g/mol. The van der Waals surface area contributed by atoms with Gasteiger partial charge in [0.05, 0.1) is 26.1 Å². The lowest BCUT2D eigenvalue weighted by Gasteiger charge is -2.42. The first-order chi connectivity index (χ1) is 8.67. The van der Waals surface area contributed by atoms with Gasteiger partial charge in [-0.2, -0.15) is 0 Å². The van der Waals surface area contributed by atoms with Gasteiger partial charge in [-0.15, -0.1) is 0 Å². The van der Waals surface area contributed by atoms with E-state index in [-0.39, 0.29) is 23.8 Å². The van der Waals surface area contributed by atoms with Gasteiger partial charge in [-0.05, 0) is 31.1 Å². The lowest BCUT2D eigenvalue weighted by Crippen LogP contribution is -2.41. The van der Waals surface area contributed by atoms with Crippen molar-refractivity contribution in [1.82, 2.24) is 0 Å². The number of hydrogen-bond donors (Lipinski definition) is 0. The summed E-state index contributed by atoms with van der Waals surface area (Å²) >= 11 is 0. The van der Waals surface area contributed by atoms with E-state index >= 15 is 0 Å². The van der Waals surface area contributed by atoms with Gasteiger partial charge in [0.1, 0.15) is 0 Å². The molecule has 0 aromatic carbocycles. The summed E-state index contributed by atoms with van der Waals surface area (Å²) in [6.07, 6.45) is 6.11. The molecule has 0 aromatic rings. The van der Waals surface area contributed by atoms with Crippen LogP contribution in [-0.4, -0.2) is 26.2 Å². The molecule has 0 spiro atoms. The summed E-state index contributed by atoms with van der Waals surface area (Å²) in [5, 5.41) is 0. The molecule has 102 valence electrons. The van der Waals surface area contributed by atoms with Gasteiger partial charge in [-0.25, -0.2) is 0 Å². The third kappa shape index (κ3) is 2.52. The van der Waals surface area contributed by atoms with Crippen molar-refractivity contribution in [3.8, 4) is 0 Å². The fraction of sp³-hybridized carbons (Fsp3) is 0.857. The molecule has 4 atom stereocenters. The largest absolute Gasteiger partial charge is 0.469 e. The Bertz CT molecular complexity index is 326. The van der Waals surface area contributed by atoms with Gasteiger partial charge in [0.15, 0.2) is 0 Å². The van der Waals surface area contributed by atoms with E-state index in [2.05, 4.69) is 0 Å². The van der Waals surface area contributed by atoms with Crippen LogP contribution in [-0.2, 0) is 19.1 Å². The molecule has 0 aromatic heterocycles. The first kappa shape index (κ1) is 13.4. The molecule has 2 aliphatic rings. The Labute approximate surface area is 108 Å². The second kappa shape index (κ2) is 5.72. The minimum absolute atomic E-state index is 0.113. The highest BCUT2D eigenvalue weighted by Gasteiger charge is 2.44. The average Bonchev–Trinajstić information content (AvgIpc) is 2.44. The topological polar surface area (TPSA) is 52.6 Å². The van der Waals surface area contributed by atoms with Crippen LogP contribution in [0.2, 0.25) is 0 Å². The van der Waals surface area contributed by atoms with Crippen molar-refractivity contribution >= 4 is 11.9 Å². The molecule has 0 saturated heterocycles. The van der Waals surface area contributed by atoms with Crippen LogP contribution in [0.4, 0.5) is 0 Å². The van der Waals surface area contributed by atoms with Crippen LogP contribution in [0.1, 0.15) is 38.5 Å². The van der Waals surface area contributed by atoms with Gasteiger partial charge in [0.25, 0.3) is 0 Å². The van der Waals surface area contributed by atoms with Crippen molar-refractivity contribution in [3.05, 3.63) is 0 Å². The molecule has 2 aliphatic carbocycles. The highest BCUT2D eigenvalue weighted by atomic mass is 16.5. The number of hydrogen-bond acceptors (Lipinski definition) is 4. The predicted molar refractivity (Wildman–Crippen MR) is 65.7 cm³/mol. The number of rotatable bonds is 2. The lowest BCUT2D eigenvalue weighted by molar-refractivity contribution is -0.157. The lowest BCUT2D eigenvalue weighted by atomic mass is 9.62. The van der Waals surface area contributed by atoms with Gasteiger partial charge < -0.3 is 9.47 Å². The molecule has 2 saturated carbocycles. The number of carbonyl (C=O) groups excluding carboxylic acids is 2. The number of fused-ring (bicyclic) bond motifs is 1. The van der Waals surface area contributed by atoms with Crippen LogP contribution in [0.25, 0.3) is 0 Å². The maximum absolute atomic E-state index is 11.9. The zero-order valence-corrected chi connectivity index (χ0v) is 11.2. The maximum atomic E-state index is 11.9. The minimum atomic E-state index is -0.173. The average molecular weight is 254 g/mol. The van der Waals surface area contributed by atoms with E-state index in [1.807, 2.05) is 0 Å². The molecule has 4 heteroatoms. The summed E-state index contributed by atoms with van der Waals surface area (Å²) in [4.78, 5) is 23.6. The number of ether oxygens (including phenoxy) is 2. The summed E-state index contributed by atoms with van der Waals surface area (Å²) in [5.41, 5.74) is 0. The molecular formula is C14H22O4. The van der Waals surface area contributed by atoms with Crippen LogP contribution < -0.4 is 0 Å². The van der Waals surface area contributed by atoms with Crippen molar-refractivity contribution in [3.63, 3.8) is 0 Å². The first-order valence-corrected chi connectivity index (χ1v) is 6.83. The molecule has 18 heavy (non-hydrogen) atoms. The fourth-order valence-corrected chi connectivity index (χ4v) is 3.78. The molecule has 2 fully saturated rings. The third-order valence-electron chi connectivity index (χ3n) is 4.65. The second-order valence-corrected chi connectivity index (χ2v) is 5.53. The maximum Gasteiger partial charge on any atom is 0.308 e. The summed E-state index contributed by atoms with van der Waals surface area (Å²) in [5.74, 6) is 0.331. The number of esters is 2. The summed E-state index contributed by atoms with van der Waals surface area (Å²) < 4.78 is 9.75. The Morgan fingerprint density at radius 1 is 0.944 bits per heavy atom. The smallest absolute Gasteiger partial charge is 0.308 e. The quantitative estimate of drug-likeness (QED) is 0.709. The van der Waals surface area contributed by atoms with Crippen molar-refractivity contribution in [2.75, 3.05) is 14.2 Å². The molecule has 0 heterocycles. The third-order valence-corrected chi connectivity index (χ3v) is 4.65. The zero-order valence-electron chi connectivity index (χ0n) is 11.2. The van der Waals surface area contributed by atoms with Crippen LogP contribution in [0, 0.1) is 23.7 Å². The second-order valence-electron chi connectivity index (χ2n) is 5.53. The van der Waals surface area contributed by atoms with Crippen molar-refractivity contribution in [2.45, 2.75) is 38.5 Å². The number of carbonyl (C=O) groups is 2. The minimum Gasteiger partial charge on any atom is -0.469 e. The summed E-state index contributed by atoms with van der Waals surface area (Å²) in [7, 11) is 2.85. The van der Waals surface area contributed by atoms with E-state index in [1.165, 1.54) is 27.1 Å². The zero-order chi connectivity index (χ0) is 13.1. The van der Waals surface area contributed by atoms with Crippen molar-refractivity contribution in [2.24, 2.45) is 23.7 Å². The van der Waals surface area contributed by atoms with E-state index in [9.17, 15) is 9.59 Å². The van der Waals surface area contributed by atoms with Crippen molar-refractivity contribution in [1.29, 1.82) is 0 Å². The molecule has 4 nitrogen and oxygen atoms in total. The Morgan fingerprint density at radius 3 is 2.28 bits per heavy atom. The Kier molecular flexibility index (Phi) is 4.25. The standard InChI is InChI=1S/C14H22O4/c1-17-13(15)10-7-9-5-3-4-6-11(9)12(8-10)14(16)18-2/h9-12H,3-8H2,1-2H3. The predicted octanol–water partition coefficient (Wildman–Crippen LogP) is 2.17. The van der Waals surface area contributed by atoms with Crippen LogP contribution in [0.5, 0.6) is 0 Å². The molecule has 0 radical (unpaired) electrons. The Morgan fingerprint density at radius 2 is 1.61 bits per heavy atom. The molecule has 2 rings (SSSR count). The fourth-order valence-electron chi connectivity index (χ4n) is 3.78. The number of methoxy groups -OCH3 is 2. The molecule has 0 N–H and O–H groups in total. The molecule has 0 aliphatic heterocycles. The van der Waals surface area contributed by atoms with E-state index in [1.54, 1.807) is 0 Å². The SMILES string of the molecule is COC(=O)C1CC2CCCCC2C(C(=O)OC)C1. The highest BCUT2D eigenvalue weighted by molar-refractivity contribution is 5.76. The molecular weight excluding hydrogens is 232 g/mol. The van der Waals surface area contributed by atoms with Crippen molar-refractivity contribution < 1.29 is 19.1 Å². The van der Waals surface area contributed by atoms with E-state index in [0.29, 0.717) is 18.3 Å². The summed E-state index contributed by atoms with van der Waals surface area (Å²) in [6, 6.07) is 0. The van der Waals surface area contributed by atoms with Gasteiger partial charge in [0.2, 0.25) is 0 Å². The molecule has 0 amide bonds. The van der Waals surface area contributed by atoms with E-state index < -0.39 is 0 Å². The normalized spacial score (nSPS) is 35.4. The van der Waals surface area contributed by atoms with Crippen LogP contribution in [0.3, 0.4) is 0 Å². The first-order valence-electron chi connectivity index (χ1n) is 6.83. The van der Waals surface area contributed by atoms with Crippen LogP contribution >= 0.6 is 0 Å². The molecule has 0 bridgehead atoms. The van der Waals surface area contributed by atoms with Gasteiger partial charge in [-0.1, -0.05) is 19.3 Å². The summed E-state index contributed by atoms with van der Waals surface area (Å²) in [6.45, 7) is 0. The van der Waals surface area contributed by atoms with Gasteiger partial charge >= 0.3 is 11.9 Å². The Hall–Kier alpha value is -1.06. The highest BCUT2D eigenvalue weighted by Crippen LogP contribution is 2.46. The Balaban J connectivity index is 2.14. The van der Waals surface area contributed by atoms with Crippen LogP contribution in [0.15, 0.2) is 0 Å². The molecule has 4 unspecified atom stereocenters. The van der Waals surface area contributed by atoms with Gasteiger partial charge in [0, 0.05) is 0 Å². The van der Waals surface area contributed by atoms with E-state index in [0.717, 1.165) is 19.3 Å². The van der Waals surface area contributed by atoms with E-state index in [4.69, 9.17) is 9.47 Å². The van der Waals surface area contributed by atoms with Gasteiger partial charge in [-0.3, -0.25) is 9.59 Å².